The minimum absolute atomic E-state index is 0.0138. The Hall–Kier alpha value is -6.62. The van der Waals surface area contributed by atoms with Crippen molar-refractivity contribution in [2.75, 3.05) is 36.5 Å². The third kappa shape index (κ3) is 6.76. The molecule has 3 aromatic carbocycles. The summed E-state index contributed by atoms with van der Waals surface area (Å²) >= 11 is 0. The molecule has 0 radical (unpaired) electrons. The first-order chi connectivity index (χ1) is 29.5. The third-order valence-corrected chi connectivity index (χ3v) is 12.5. The van der Waals surface area contributed by atoms with Gasteiger partial charge in [-0.05, 0) is 85.2 Å². The van der Waals surface area contributed by atoms with E-state index in [1.807, 2.05) is 11.0 Å². The zero-order chi connectivity index (χ0) is 42.1. The molecule has 2 aromatic heterocycles. The maximum Gasteiger partial charge on any atom is 0.264 e. The Morgan fingerprint density at radius 2 is 1.74 bits per heavy atom. The van der Waals surface area contributed by atoms with Crippen LogP contribution in [0.3, 0.4) is 0 Å². The fourth-order valence-corrected chi connectivity index (χ4v) is 9.37. The van der Waals surface area contributed by atoms with E-state index in [0.29, 0.717) is 79.1 Å². The standard InChI is InChI=1S/C44H41F2N9O6/c1-23(56)52-14-10-35-33(22-52)40(51-55(35)28-11-15-61-16-12-28)53-13-2-3-25-17-30(31(39(45)46)20-37(25)53)24-4-5-26-21-47-44(49-34(26)18-24)48-27-6-7-29-32(19-27)43(60)54(42(29)59)36-8-9-38(57)50-41(36)58/h4-7,17-21,28,36,39H,2-3,8-16,22H2,1H3,(H,47,48,49)(H,50,57,58). The number of piperidine rings is 1. The number of benzene rings is 3. The predicted molar refractivity (Wildman–Crippen MR) is 218 cm³/mol. The molecule has 5 amide bonds. The number of carbonyl (C=O) groups is 5. The van der Waals surface area contributed by atoms with Crippen molar-refractivity contribution >= 4 is 63.6 Å². The van der Waals surface area contributed by atoms with Crippen LogP contribution in [0.1, 0.15) is 94.6 Å². The van der Waals surface area contributed by atoms with Gasteiger partial charge >= 0.3 is 0 Å². The molecule has 2 N–H and O–H groups in total. The van der Waals surface area contributed by atoms with Crippen LogP contribution in [0.4, 0.5) is 31.9 Å². The average molecular weight is 830 g/mol. The van der Waals surface area contributed by atoms with Crippen molar-refractivity contribution in [2.24, 2.45) is 0 Å². The molecular formula is C44H41F2N9O6. The van der Waals surface area contributed by atoms with E-state index < -0.39 is 36.1 Å². The van der Waals surface area contributed by atoms with Gasteiger partial charge in [-0.2, -0.15) is 5.10 Å². The molecule has 15 nitrogen and oxygen atoms in total. The summed E-state index contributed by atoms with van der Waals surface area (Å²) < 4.78 is 38.1. The Morgan fingerprint density at radius 3 is 2.52 bits per heavy atom. The maximum atomic E-state index is 15.2. The van der Waals surface area contributed by atoms with Crippen molar-refractivity contribution in [1.29, 1.82) is 0 Å². The number of anilines is 4. The van der Waals surface area contributed by atoms with Crippen LogP contribution in [-0.4, -0.2) is 91.4 Å². The number of carbonyl (C=O) groups excluding carboxylic acids is 5. The van der Waals surface area contributed by atoms with Gasteiger partial charge in [0.1, 0.15) is 6.04 Å². The van der Waals surface area contributed by atoms with Gasteiger partial charge < -0.3 is 19.9 Å². The lowest BCUT2D eigenvalue weighted by Gasteiger charge is -2.33. The van der Waals surface area contributed by atoms with E-state index in [1.165, 1.54) is 12.1 Å². The largest absolute Gasteiger partial charge is 0.381 e. The van der Waals surface area contributed by atoms with E-state index in [2.05, 4.69) is 25.2 Å². The van der Waals surface area contributed by atoms with Gasteiger partial charge in [-0.15, -0.1) is 0 Å². The number of nitrogens with one attached hydrogen (secondary N) is 2. The molecule has 1 unspecified atom stereocenters. The Morgan fingerprint density at radius 1 is 0.918 bits per heavy atom. The Balaban J connectivity index is 0.955. The summed E-state index contributed by atoms with van der Waals surface area (Å²) in [6, 6.07) is 12.4. The second kappa shape index (κ2) is 15.1. The number of imide groups is 2. The van der Waals surface area contributed by atoms with Crippen molar-refractivity contribution in [3.63, 3.8) is 0 Å². The zero-order valence-corrected chi connectivity index (χ0v) is 33.2. The highest BCUT2D eigenvalue weighted by Gasteiger charge is 2.45. The minimum atomic E-state index is -2.79. The number of halogens is 2. The Bertz CT molecular complexity index is 2700. The molecular weight excluding hydrogens is 789 g/mol. The van der Waals surface area contributed by atoms with E-state index in [0.717, 1.165) is 46.8 Å². The molecule has 5 aliphatic rings. The van der Waals surface area contributed by atoms with E-state index in [4.69, 9.17) is 14.8 Å². The summed E-state index contributed by atoms with van der Waals surface area (Å²) in [6.45, 7) is 4.48. The number of hydrogen-bond acceptors (Lipinski definition) is 11. The van der Waals surface area contributed by atoms with Crippen LogP contribution in [0, 0.1) is 0 Å². The summed E-state index contributed by atoms with van der Waals surface area (Å²) in [7, 11) is 0. The molecule has 61 heavy (non-hydrogen) atoms. The molecule has 0 bridgehead atoms. The van der Waals surface area contributed by atoms with E-state index in [1.54, 1.807) is 43.5 Å². The summed E-state index contributed by atoms with van der Waals surface area (Å²) in [6.07, 6.45) is 2.68. The van der Waals surface area contributed by atoms with Crippen LogP contribution in [0.25, 0.3) is 22.0 Å². The third-order valence-electron chi connectivity index (χ3n) is 12.5. The molecule has 7 heterocycles. The number of aryl methyl sites for hydroxylation is 1. The van der Waals surface area contributed by atoms with Gasteiger partial charge in [-0.1, -0.05) is 12.1 Å². The van der Waals surface area contributed by atoms with Gasteiger partial charge in [0.15, 0.2) is 5.82 Å². The highest BCUT2D eigenvalue weighted by atomic mass is 19.3. The molecule has 312 valence electrons. The summed E-state index contributed by atoms with van der Waals surface area (Å²) in [5.41, 5.74) is 5.64. The molecule has 5 aliphatic heterocycles. The molecule has 17 heteroatoms. The first-order valence-corrected chi connectivity index (χ1v) is 20.6. The normalized spacial score (nSPS) is 19.3. The van der Waals surface area contributed by atoms with Gasteiger partial charge in [0.25, 0.3) is 18.2 Å². The van der Waals surface area contributed by atoms with Crippen molar-refractivity contribution in [1.82, 2.24) is 34.9 Å². The number of amides is 5. The first-order valence-electron chi connectivity index (χ1n) is 20.6. The van der Waals surface area contributed by atoms with Crippen molar-refractivity contribution in [3.05, 3.63) is 88.2 Å². The molecule has 2 saturated heterocycles. The number of ether oxygens (including phenoxy) is 1. The van der Waals surface area contributed by atoms with E-state index in [9.17, 15) is 24.0 Å². The lowest BCUT2D eigenvalue weighted by Crippen LogP contribution is -2.54. The van der Waals surface area contributed by atoms with Crippen LogP contribution in [0.15, 0.2) is 54.7 Å². The number of nitrogens with zero attached hydrogens (tertiary/aromatic N) is 7. The fourth-order valence-electron chi connectivity index (χ4n) is 9.37. The highest BCUT2D eigenvalue weighted by Crippen LogP contribution is 2.44. The topological polar surface area (TPSA) is 172 Å². The smallest absolute Gasteiger partial charge is 0.264 e. The van der Waals surface area contributed by atoms with Crippen LogP contribution in [0.5, 0.6) is 0 Å². The molecule has 2 fully saturated rings. The summed E-state index contributed by atoms with van der Waals surface area (Å²) in [5, 5.41) is 11.1. The van der Waals surface area contributed by atoms with Crippen LogP contribution >= 0.6 is 0 Å². The second-order valence-corrected chi connectivity index (χ2v) is 16.2. The summed E-state index contributed by atoms with van der Waals surface area (Å²) in [4.78, 5) is 77.2. The van der Waals surface area contributed by atoms with Crippen molar-refractivity contribution < 1.29 is 37.5 Å². The predicted octanol–water partition coefficient (Wildman–Crippen LogP) is 5.92. The van der Waals surface area contributed by atoms with Crippen LogP contribution < -0.4 is 15.5 Å². The number of alkyl halides is 2. The van der Waals surface area contributed by atoms with Crippen LogP contribution in [0.2, 0.25) is 0 Å². The summed E-state index contributed by atoms with van der Waals surface area (Å²) in [5.74, 6) is -1.53. The molecule has 0 spiro atoms. The van der Waals surface area contributed by atoms with Gasteiger partial charge in [-0.25, -0.2) is 18.7 Å². The molecule has 10 rings (SSSR count). The monoisotopic (exact) mass is 829 g/mol. The van der Waals surface area contributed by atoms with Gasteiger partial charge in [0.05, 0.1) is 29.2 Å². The average Bonchev–Trinajstić information content (AvgIpc) is 3.76. The van der Waals surface area contributed by atoms with Crippen LogP contribution in [-0.2, 0) is 38.5 Å². The Kier molecular flexibility index (Phi) is 9.57. The van der Waals surface area contributed by atoms with Gasteiger partial charge in [0, 0.05) is 85.8 Å². The minimum Gasteiger partial charge on any atom is -0.381 e. The number of aromatic nitrogens is 4. The second-order valence-electron chi connectivity index (χ2n) is 16.2. The van der Waals surface area contributed by atoms with E-state index in [-0.39, 0.29) is 47.4 Å². The highest BCUT2D eigenvalue weighted by molar-refractivity contribution is 6.23. The quantitative estimate of drug-likeness (QED) is 0.187. The van der Waals surface area contributed by atoms with Crippen molar-refractivity contribution in [3.8, 4) is 11.1 Å². The molecule has 0 aliphatic carbocycles. The Labute approximate surface area is 348 Å². The number of fused-ring (bicyclic) bond motifs is 4. The fraction of sp³-hybridized carbons (Fsp3) is 0.364. The SMILES string of the molecule is CC(=O)N1CCc2c(c(N3CCCc4cc(-c5ccc6cnc(Nc7ccc8c(c7)C(=O)N(C7CCC(=O)NC7=O)C8=O)nc6c5)c(C(F)F)cc43)nn2C2CCOCC2)C1. The van der Waals surface area contributed by atoms with Gasteiger partial charge in [-0.3, -0.25) is 38.9 Å². The molecule has 5 aromatic rings. The van der Waals surface area contributed by atoms with Gasteiger partial charge in [0.2, 0.25) is 23.7 Å². The maximum absolute atomic E-state index is 15.2. The lowest BCUT2D eigenvalue weighted by molar-refractivity contribution is -0.136. The number of rotatable bonds is 7. The molecule has 0 saturated carbocycles. The number of hydrogen-bond donors (Lipinski definition) is 2. The zero-order valence-electron chi connectivity index (χ0n) is 33.2. The van der Waals surface area contributed by atoms with Crippen molar-refractivity contribution in [2.45, 2.75) is 76.9 Å². The molecule has 1 atom stereocenters. The van der Waals surface area contributed by atoms with E-state index >= 15 is 8.78 Å². The lowest BCUT2D eigenvalue weighted by atomic mass is 9.91. The first kappa shape index (κ1) is 38.6.